The molecule has 2 rings (SSSR count). The first-order valence-corrected chi connectivity index (χ1v) is 6.86. The predicted molar refractivity (Wildman–Crippen MR) is 80.4 cm³/mol. The molecule has 3 nitrogen and oxygen atoms in total. The average molecular weight is 283 g/mol. The van der Waals surface area contributed by atoms with Crippen LogP contribution in [0.5, 0.6) is 0 Å². The molecule has 0 fully saturated rings. The highest BCUT2D eigenvalue weighted by atomic mass is 35.5. The van der Waals surface area contributed by atoms with Gasteiger partial charge in [0.1, 0.15) is 0 Å². The molecule has 19 heavy (non-hydrogen) atoms. The first kappa shape index (κ1) is 16.0. The number of amides is 1. The van der Waals surface area contributed by atoms with Crippen molar-refractivity contribution in [3.8, 4) is 0 Å². The average Bonchev–Trinajstić information content (AvgIpc) is 2.39. The maximum absolute atomic E-state index is 12.0. The highest BCUT2D eigenvalue weighted by Gasteiger charge is 2.23. The van der Waals surface area contributed by atoms with Gasteiger partial charge in [-0.1, -0.05) is 37.6 Å². The quantitative estimate of drug-likeness (QED) is 0.892. The van der Waals surface area contributed by atoms with Crippen molar-refractivity contribution in [1.29, 1.82) is 0 Å². The largest absolute Gasteiger partial charge is 0.348 e. The number of aryl methyl sites for hydroxylation is 1. The zero-order valence-corrected chi connectivity index (χ0v) is 12.2. The van der Waals surface area contributed by atoms with Crippen molar-refractivity contribution in [2.24, 2.45) is 5.73 Å². The van der Waals surface area contributed by atoms with Crippen LogP contribution in [0, 0.1) is 0 Å². The van der Waals surface area contributed by atoms with E-state index in [0.29, 0.717) is 0 Å². The Labute approximate surface area is 121 Å². The Kier molecular flexibility index (Phi) is 6.32. The molecule has 0 saturated heterocycles. The number of carbonyl (C=O) groups excluding carboxylic acids is 1. The van der Waals surface area contributed by atoms with Gasteiger partial charge < -0.3 is 11.1 Å². The number of carbonyl (C=O) groups is 1. The van der Waals surface area contributed by atoms with E-state index in [4.69, 9.17) is 5.73 Å². The van der Waals surface area contributed by atoms with Crippen LogP contribution in [-0.2, 0) is 11.2 Å². The van der Waals surface area contributed by atoms with E-state index < -0.39 is 0 Å². The van der Waals surface area contributed by atoms with Crippen LogP contribution in [-0.4, -0.2) is 11.9 Å². The summed E-state index contributed by atoms with van der Waals surface area (Å²) < 4.78 is 0. The van der Waals surface area contributed by atoms with Crippen molar-refractivity contribution in [2.75, 3.05) is 0 Å². The van der Waals surface area contributed by atoms with Gasteiger partial charge in [-0.05, 0) is 36.8 Å². The molecular formula is C15H23ClN2O. The number of nitrogens with two attached hydrogens (primary N) is 1. The van der Waals surface area contributed by atoms with Crippen molar-refractivity contribution < 1.29 is 4.79 Å². The van der Waals surface area contributed by atoms with Gasteiger partial charge in [0, 0.05) is 0 Å². The van der Waals surface area contributed by atoms with E-state index in [-0.39, 0.29) is 30.4 Å². The second-order valence-corrected chi connectivity index (χ2v) is 5.05. The van der Waals surface area contributed by atoms with Crippen LogP contribution in [0.25, 0.3) is 0 Å². The lowest BCUT2D eigenvalue weighted by atomic mass is 9.87. The van der Waals surface area contributed by atoms with E-state index in [2.05, 4.69) is 23.5 Å². The molecule has 1 amide bonds. The molecule has 2 unspecified atom stereocenters. The molecule has 0 aromatic heterocycles. The molecule has 0 spiro atoms. The molecule has 0 radical (unpaired) electrons. The highest BCUT2D eigenvalue weighted by Crippen LogP contribution is 2.29. The molecule has 2 atom stereocenters. The summed E-state index contributed by atoms with van der Waals surface area (Å²) >= 11 is 0. The summed E-state index contributed by atoms with van der Waals surface area (Å²) in [6.45, 7) is 2.04. The van der Waals surface area contributed by atoms with E-state index in [1.165, 1.54) is 11.1 Å². The van der Waals surface area contributed by atoms with Crippen molar-refractivity contribution in [3.05, 3.63) is 35.4 Å². The van der Waals surface area contributed by atoms with Gasteiger partial charge in [-0.15, -0.1) is 12.4 Å². The molecular weight excluding hydrogens is 260 g/mol. The van der Waals surface area contributed by atoms with Crippen molar-refractivity contribution in [2.45, 2.75) is 51.1 Å². The zero-order valence-electron chi connectivity index (χ0n) is 11.4. The Morgan fingerprint density at radius 2 is 2.21 bits per heavy atom. The molecule has 0 saturated carbocycles. The predicted octanol–water partition coefficient (Wildman–Crippen LogP) is 2.73. The van der Waals surface area contributed by atoms with E-state index in [1.54, 1.807) is 0 Å². The SMILES string of the molecule is CCCC(N)C(=O)NC1CCCc2ccccc21.Cl. The van der Waals surface area contributed by atoms with Crippen LogP contribution in [0.2, 0.25) is 0 Å². The second-order valence-electron chi connectivity index (χ2n) is 5.05. The minimum absolute atomic E-state index is 0. The normalized spacial score (nSPS) is 18.9. The summed E-state index contributed by atoms with van der Waals surface area (Å²) in [6.07, 6.45) is 4.95. The third-order valence-corrected chi connectivity index (χ3v) is 3.62. The number of rotatable bonds is 4. The van der Waals surface area contributed by atoms with E-state index in [0.717, 1.165) is 32.1 Å². The van der Waals surface area contributed by atoms with Gasteiger partial charge in [-0.3, -0.25) is 4.79 Å². The Balaban J connectivity index is 0.00000180. The lowest BCUT2D eigenvalue weighted by molar-refractivity contribution is -0.123. The minimum atomic E-state index is -0.371. The third-order valence-electron chi connectivity index (χ3n) is 3.62. The lowest BCUT2D eigenvalue weighted by Crippen LogP contribution is -2.42. The van der Waals surface area contributed by atoms with Gasteiger partial charge in [0.05, 0.1) is 12.1 Å². The molecule has 106 valence electrons. The summed E-state index contributed by atoms with van der Waals surface area (Å²) in [5.74, 6) is -0.0152. The Morgan fingerprint density at radius 1 is 1.47 bits per heavy atom. The Hall–Kier alpha value is -1.06. The van der Waals surface area contributed by atoms with Gasteiger partial charge in [0.2, 0.25) is 5.91 Å². The number of halogens is 1. The number of hydrogen-bond donors (Lipinski definition) is 2. The monoisotopic (exact) mass is 282 g/mol. The molecule has 0 bridgehead atoms. The fraction of sp³-hybridized carbons (Fsp3) is 0.533. The first-order chi connectivity index (χ1) is 8.72. The molecule has 0 heterocycles. The minimum Gasteiger partial charge on any atom is -0.348 e. The summed E-state index contributed by atoms with van der Waals surface area (Å²) in [7, 11) is 0. The fourth-order valence-corrected chi connectivity index (χ4v) is 2.62. The molecule has 4 heteroatoms. The van der Waals surface area contributed by atoms with Gasteiger partial charge >= 0.3 is 0 Å². The molecule has 1 aliphatic carbocycles. The number of hydrogen-bond acceptors (Lipinski definition) is 2. The van der Waals surface area contributed by atoms with Crippen LogP contribution in [0.1, 0.15) is 49.8 Å². The van der Waals surface area contributed by atoms with Crippen molar-refractivity contribution in [1.82, 2.24) is 5.32 Å². The number of benzene rings is 1. The molecule has 1 aromatic rings. The zero-order chi connectivity index (χ0) is 13.0. The summed E-state index contributed by atoms with van der Waals surface area (Å²) in [5.41, 5.74) is 8.48. The molecule has 0 aliphatic heterocycles. The Morgan fingerprint density at radius 3 is 2.95 bits per heavy atom. The standard InChI is InChI=1S/C15H22N2O.ClH/c1-2-6-13(16)15(18)17-14-10-5-8-11-7-3-4-9-12(11)14;/h3-4,7,9,13-14H,2,5-6,8,10,16H2,1H3,(H,17,18);1H. The van der Waals surface area contributed by atoms with Crippen LogP contribution >= 0.6 is 12.4 Å². The maximum atomic E-state index is 12.0. The number of fused-ring (bicyclic) bond motifs is 1. The van der Waals surface area contributed by atoms with Crippen molar-refractivity contribution in [3.63, 3.8) is 0 Å². The maximum Gasteiger partial charge on any atom is 0.237 e. The number of nitrogens with one attached hydrogen (secondary N) is 1. The van der Waals surface area contributed by atoms with Crippen molar-refractivity contribution >= 4 is 18.3 Å². The summed E-state index contributed by atoms with van der Waals surface area (Å²) in [6, 6.07) is 8.14. The molecule has 1 aliphatic rings. The summed E-state index contributed by atoms with van der Waals surface area (Å²) in [5, 5.41) is 3.10. The molecule has 3 N–H and O–H groups in total. The second kappa shape index (κ2) is 7.51. The van der Waals surface area contributed by atoms with Crippen LogP contribution < -0.4 is 11.1 Å². The highest BCUT2D eigenvalue weighted by molar-refractivity contribution is 5.85. The van der Waals surface area contributed by atoms with Gasteiger partial charge in [0.15, 0.2) is 0 Å². The fourth-order valence-electron chi connectivity index (χ4n) is 2.62. The summed E-state index contributed by atoms with van der Waals surface area (Å²) in [4.78, 5) is 12.0. The van der Waals surface area contributed by atoms with Gasteiger partial charge in [0.25, 0.3) is 0 Å². The topological polar surface area (TPSA) is 55.1 Å². The first-order valence-electron chi connectivity index (χ1n) is 6.86. The van der Waals surface area contributed by atoms with E-state index in [9.17, 15) is 4.79 Å². The smallest absolute Gasteiger partial charge is 0.237 e. The van der Waals surface area contributed by atoms with Crippen LogP contribution in [0.4, 0.5) is 0 Å². The van der Waals surface area contributed by atoms with Gasteiger partial charge in [-0.25, -0.2) is 0 Å². The van der Waals surface area contributed by atoms with Gasteiger partial charge in [-0.2, -0.15) is 0 Å². The van der Waals surface area contributed by atoms with Crippen LogP contribution in [0.3, 0.4) is 0 Å². The third kappa shape index (κ3) is 3.95. The lowest BCUT2D eigenvalue weighted by Gasteiger charge is -2.27. The van der Waals surface area contributed by atoms with E-state index >= 15 is 0 Å². The van der Waals surface area contributed by atoms with Crippen LogP contribution in [0.15, 0.2) is 24.3 Å². The Bertz CT molecular complexity index is 422. The molecule has 1 aromatic carbocycles. The van der Waals surface area contributed by atoms with E-state index in [1.807, 2.05) is 13.0 Å².